The molecule has 148 valence electrons. The molecule has 2 aromatic carbocycles. The smallest absolute Gasteiger partial charge is 0.330 e. The van der Waals surface area contributed by atoms with Gasteiger partial charge in [0.1, 0.15) is 0 Å². The number of amidine groups is 1. The van der Waals surface area contributed by atoms with Crippen molar-refractivity contribution in [2.45, 2.75) is 20.1 Å². The second-order valence-electron chi connectivity index (χ2n) is 7.29. The van der Waals surface area contributed by atoms with Crippen molar-refractivity contribution in [2.75, 3.05) is 4.90 Å². The molecule has 1 aromatic heterocycles. The summed E-state index contributed by atoms with van der Waals surface area (Å²) in [6.07, 6.45) is 0.740. The Labute approximate surface area is 168 Å². The van der Waals surface area contributed by atoms with Gasteiger partial charge in [-0.3, -0.25) is 14.3 Å². The van der Waals surface area contributed by atoms with Crippen molar-refractivity contribution >= 4 is 11.5 Å². The van der Waals surface area contributed by atoms with Crippen LogP contribution in [-0.4, -0.2) is 15.0 Å². The summed E-state index contributed by atoms with van der Waals surface area (Å²) in [4.78, 5) is 32.6. The minimum Gasteiger partial charge on any atom is -0.363 e. The zero-order chi connectivity index (χ0) is 20.7. The highest BCUT2D eigenvalue weighted by molar-refractivity contribution is 6.10. The maximum absolute atomic E-state index is 12.8. The lowest BCUT2D eigenvalue weighted by Gasteiger charge is -2.26. The van der Waals surface area contributed by atoms with Crippen LogP contribution in [0.5, 0.6) is 0 Å². The molecule has 0 amide bonds. The lowest BCUT2D eigenvalue weighted by molar-refractivity contribution is 0.0847. The van der Waals surface area contributed by atoms with E-state index in [4.69, 9.17) is 4.84 Å². The van der Waals surface area contributed by atoms with E-state index in [1.54, 1.807) is 7.05 Å². The lowest BCUT2D eigenvalue weighted by Crippen LogP contribution is -2.42. The molecule has 0 spiro atoms. The third-order valence-electron chi connectivity index (χ3n) is 5.06. The van der Waals surface area contributed by atoms with Crippen LogP contribution in [-0.2, 0) is 18.9 Å². The van der Waals surface area contributed by atoms with E-state index in [0.717, 1.165) is 26.9 Å². The van der Waals surface area contributed by atoms with Crippen molar-refractivity contribution in [3.8, 4) is 0 Å². The van der Waals surface area contributed by atoms with Crippen LogP contribution in [0.4, 0.5) is 5.69 Å². The molecule has 29 heavy (non-hydrogen) atoms. The van der Waals surface area contributed by atoms with Gasteiger partial charge in [-0.25, -0.2) is 4.79 Å². The minimum atomic E-state index is -0.778. The average molecular weight is 390 g/mol. The van der Waals surface area contributed by atoms with Crippen LogP contribution in [0.25, 0.3) is 0 Å². The summed E-state index contributed by atoms with van der Waals surface area (Å²) >= 11 is 0. The Morgan fingerprint density at radius 3 is 2.10 bits per heavy atom. The first kappa shape index (κ1) is 18.7. The topological polar surface area (TPSA) is 68.8 Å². The van der Waals surface area contributed by atoms with Crippen molar-refractivity contribution in [2.24, 2.45) is 19.3 Å². The molecule has 2 heterocycles. The SMILES string of the molecule is Cc1ccc(C2=NOC(c3cn(C)c(=O)n(C)c3=O)N2c2ccc(C)cc2)cc1. The Bertz CT molecular complexity index is 1200. The Hall–Kier alpha value is -3.61. The number of benzene rings is 2. The lowest BCUT2D eigenvalue weighted by atomic mass is 10.1. The van der Waals surface area contributed by atoms with E-state index in [-0.39, 0.29) is 0 Å². The highest BCUT2D eigenvalue weighted by atomic mass is 16.7. The Balaban J connectivity index is 1.87. The monoisotopic (exact) mass is 390 g/mol. The molecule has 1 atom stereocenters. The van der Waals surface area contributed by atoms with Gasteiger partial charge in [0.2, 0.25) is 6.23 Å². The van der Waals surface area contributed by atoms with E-state index in [0.29, 0.717) is 11.4 Å². The molecule has 0 bridgehead atoms. The van der Waals surface area contributed by atoms with Crippen molar-refractivity contribution in [1.29, 1.82) is 0 Å². The molecule has 1 unspecified atom stereocenters. The highest BCUT2D eigenvalue weighted by Gasteiger charge is 2.36. The van der Waals surface area contributed by atoms with Crippen LogP contribution in [0.3, 0.4) is 0 Å². The van der Waals surface area contributed by atoms with Crippen molar-refractivity contribution in [3.05, 3.63) is 97.8 Å². The van der Waals surface area contributed by atoms with Crippen LogP contribution in [0.15, 0.2) is 69.5 Å². The first-order valence-electron chi connectivity index (χ1n) is 9.30. The maximum atomic E-state index is 12.8. The standard InChI is InChI=1S/C22H22N4O3/c1-14-5-9-16(10-6-14)19-23-29-21(26(19)17-11-7-15(2)8-12-17)18-13-24(3)22(28)25(4)20(18)27/h5-13,21H,1-4H3. The van der Waals surface area contributed by atoms with Gasteiger partial charge in [-0.1, -0.05) is 52.7 Å². The van der Waals surface area contributed by atoms with Crippen LogP contribution in [0.2, 0.25) is 0 Å². The molecular weight excluding hydrogens is 368 g/mol. The molecule has 1 aliphatic heterocycles. The van der Waals surface area contributed by atoms with Gasteiger partial charge < -0.3 is 9.40 Å². The molecule has 0 fully saturated rings. The summed E-state index contributed by atoms with van der Waals surface area (Å²) in [6, 6.07) is 15.9. The number of oxime groups is 1. The van der Waals surface area contributed by atoms with Gasteiger partial charge >= 0.3 is 5.69 Å². The molecule has 0 saturated carbocycles. The summed E-state index contributed by atoms with van der Waals surface area (Å²) in [6.45, 7) is 4.03. The first-order chi connectivity index (χ1) is 13.9. The fourth-order valence-electron chi connectivity index (χ4n) is 3.36. The predicted molar refractivity (Wildman–Crippen MR) is 112 cm³/mol. The Morgan fingerprint density at radius 2 is 1.48 bits per heavy atom. The van der Waals surface area contributed by atoms with Crippen molar-refractivity contribution in [3.63, 3.8) is 0 Å². The zero-order valence-corrected chi connectivity index (χ0v) is 16.8. The van der Waals surface area contributed by atoms with Gasteiger partial charge in [0.05, 0.1) is 5.56 Å². The number of rotatable bonds is 3. The highest BCUT2D eigenvalue weighted by Crippen LogP contribution is 2.34. The van der Waals surface area contributed by atoms with Gasteiger partial charge in [0.15, 0.2) is 5.84 Å². The van der Waals surface area contributed by atoms with E-state index in [2.05, 4.69) is 5.16 Å². The van der Waals surface area contributed by atoms with Gasteiger partial charge in [0.25, 0.3) is 5.56 Å². The number of nitrogens with zero attached hydrogens (tertiary/aromatic N) is 4. The number of hydrogen-bond donors (Lipinski definition) is 0. The first-order valence-corrected chi connectivity index (χ1v) is 9.30. The molecule has 3 aromatic rings. The van der Waals surface area contributed by atoms with Gasteiger partial charge in [-0.05, 0) is 26.0 Å². The molecule has 0 saturated heterocycles. The minimum absolute atomic E-state index is 0.334. The van der Waals surface area contributed by atoms with E-state index >= 15 is 0 Å². The van der Waals surface area contributed by atoms with Gasteiger partial charge in [0, 0.05) is 31.5 Å². The number of anilines is 1. The summed E-state index contributed by atoms with van der Waals surface area (Å²) in [5.41, 5.74) is 3.51. The maximum Gasteiger partial charge on any atom is 0.330 e. The van der Waals surface area contributed by atoms with E-state index in [1.165, 1.54) is 17.8 Å². The molecule has 0 N–H and O–H groups in total. The van der Waals surface area contributed by atoms with E-state index < -0.39 is 17.5 Å². The second-order valence-corrected chi connectivity index (χ2v) is 7.29. The predicted octanol–water partition coefficient (Wildman–Crippen LogP) is 2.60. The summed E-state index contributed by atoms with van der Waals surface area (Å²) in [5.74, 6) is 0.606. The van der Waals surface area contributed by atoms with Crippen LogP contribution < -0.4 is 16.1 Å². The summed E-state index contributed by atoms with van der Waals surface area (Å²) in [5, 5.41) is 4.30. The van der Waals surface area contributed by atoms with Crippen molar-refractivity contribution in [1.82, 2.24) is 9.13 Å². The van der Waals surface area contributed by atoms with Crippen LogP contribution in [0, 0.1) is 13.8 Å². The molecule has 0 aliphatic carbocycles. The van der Waals surface area contributed by atoms with E-state index in [9.17, 15) is 9.59 Å². The quantitative estimate of drug-likeness (QED) is 0.689. The molecule has 7 nitrogen and oxygen atoms in total. The molecule has 0 radical (unpaired) electrons. The number of aryl methyl sites for hydroxylation is 3. The summed E-state index contributed by atoms with van der Waals surface area (Å²) in [7, 11) is 3.07. The molecule has 4 rings (SSSR count). The van der Waals surface area contributed by atoms with Crippen molar-refractivity contribution < 1.29 is 4.84 Å². The third-order valence-corrected chi connectivity index (χ3v) is 5.06. The van der Waals surface area contributed by atoms with Gasteiger partial charge in [-0.15, -0.1) is 0 Å². The third kappa shape index (κ3) is 3.24. The number of aromatic nitrogens is 2. The second kappa shape index (κ2) is 7.09. The fourth-order valence-corrected chi connectivity index (χ4v) is 3.36. The van der Waals surface area contributed by atoms with Crippen LogP contribution >= 0.6 is 0 Å². The molecule has 1 aliphatic rings. The van der Waals surface area contributed by atoms with Crippen LogP contribution in [0.1, 0.15) is 28.5 Å². The largest absolute Gasteiger partial charge is 0.363 e. The normalized spacial score (nSPS) is 15.9. The Morgan fingerprint density at radius 1 is 0.897 bits per heavy atom. The van der Waals surface area contributed by atoms with Gasteiger partial charge in [-0.2, -0.15) is 0 Å². The molecule has 7 heteroatoms. The zero-order valence-electron chi connectivity index (χ0n) is 16.8. The summed E-state index contributed by atoms with van der Waals surface area (Å²) < 4.78 is 2.45. The Kier molecular flexibility index (Phi) is 4.58. The van der Waals surface area contributed by atoms with E-state index in [1.807, 2.05) is 67.3 Å². The average Bonchev–Trinajstić information content (AvgIpc) is 3.15. The molecular formula is C22H22N4O3. The number of hydrogen-bond acceptors (Lipinski definition) is 5. The fraction of sp³-hybridized carbons (Fsp3) is 0.227.